The Labute approximate surface area is 92.4 Å². The van der Waals surface area contributed by atoms with Crippen LogP contribution < -0.4 is 11.5 Å². The van der Waals surface area contributed by atoms with Gasteiger partial charge in [-0.3, -0.25) is 0 Å². The molecule has 0 aromatic carbocycles. The van der Waals surface area contributed by atoms with Crippen LogP contribution in [0.4, 0.5) is 11.9 Å². The molecule has 0 aliphatic rings. The van der Waals surface area contributed by atoms with E-state index in [2.05, 4.69) is 24.9 Å². The molecule has 0 aliphatic carbocycles. The number of aryl methyl sites for hydroxylation is 3. The quantitative estimate of drug-likeness (QED) is 0.660. The lowest BCUT2D eigenvalue weighted by Crippen LogP contribution is -2.07. The predicted octanol–water partition coefficient (Wildman–Crippen LogP) is -0.147. The summed E-state index contributed by atoms with van der Waals surface area (Å²) >= 11 is 0. The molecular formula is C9H13N7. The minimum Gasteiger partial charge on any atom is -0.368 e. The number of nitrogens with one attached hydrogen (secondary N) is 1. The van der Waals surface area contributed by atoms with Crippen molar-refractivity contribution in [3.05, 3.63) is 23.5 Å². The summed E-state index contributed by atoms with van der Waals surface area (Å²) in [5, 5.41) is 0. The molecule has 0 spiro atoms. The Hall–Kier alpha value is -2.18. The van der Waals surface area contributed by atoms with Gasteiger partial charge in [-0.1, -0.05) is 0 Å². The molecule has 0 fully saturated rings. The molecule has 0 amide bonds. The summed E-state index contributed by atoms with van der Waals surface area (Å²) < 4.78 is 0. The summed E-state index contributed by atoms with van der Waals surface area (Å²) in [7, 11) is 0. The summed E-state index contributed by atoms with van der Waals surface area (Å²) in [6.07, 6.45) is 3.21. The zero-order chi connectivity index (χ0) is 11.5. The van der Waals surface area contributed by atoms with E-state index in [0.717, 1.165) is 17.9 Å². The molecular weight excluding hydrogens is 206 g/mol. The molecule has 0 unspecified atom stereocenters. The van der Waals surface area contributed by atoms with Crippen molar-refractivity contribution in [2.75, 3.05) is 11.5 Å². The molecule has 7 nitrogen and oxygen atoms in total. The Kier molecular flexibility index (Phi) is 2.67. The molecule has 16 heavy (non-hydrogen) atoms. The van der Waals surface area contributed by atoms with Gasteiger partial charge in [0, 0.05) is 18.3 Å². The number of hydrogen-bond acceptors (Lipinski definition) is 6. The highest BCUT2D eigenvalue weighted by Crippen LogP contribution is 2.04. The maximum absolute atomic E-state index is 5.47. The van der Waals surface area contributed by atoms with Gasteiger partial charge >= 0.3 is 0 Å². The molecule has 0 saturated heterocycles. The molecule has 5 N–H and O–H groups in total. The molecule has 2 aromatic rings. The number of nitrogens with two attached hydrogens (primary N) is 2. The highest BCUT2D eigenvalue weighted by molar-refractivity contribution is 5.26. The van der Waals surface area contributed by atoms with Crippen molar-refractivity contribution in [3.8, 4) is 0 Å². The average molecular weight is 219 g/mol. The first kappa shape index (κ1) is 10.3. The van der Waals surface area contributed by atoms with Crippen LogP contribution in [-0.2, 0) is 12.8 Å². The zero-order valence-corrected chi connectivity index (χ0v) is 8.94. The van der Waals surface area contributed by atoms with E-state index in [1.165, 1.54) is 0 Å². The van der Waals surface area contributed by atoms with Crippen molar-refractivity contribution < 1.29 is 0 Å². The van der Waals surface area contributed by atoms with E-state index in [1.54, 1.807) is 6.20 Å². The van der Waals surface area contributed by atoms with Gasteiger partial charge in [-0.25, -0.2) is 4.98 Å². The maximum Gasteiger partial charge on any atom is 0.225 e. The fraction of sp³-hybridized carbons (Fsp3) is 0.333. The first-order chi connectivity index (χ1) is 7.63. The molecule has 2 heterocycles. The minimum absolute atomic E-state index is 0.156. The second-order valence-corrected chi connectivity index (χ2v) is 3.46. The molecule has 0 radical (unpaired) electrons. The van der Waals surface area contributed by atoms with Crippen molar-refractivity contribution in [1.82, 2.24) is 24.9 Å². The lowest BCUT2D eigenvalue weighted by atomic mass is 10.2. The third-order valence-electron chi connectivity index (χ3n) is 2.09. The van der Waals surface area contributed by atoms with Crippen molar-refractivity contribution in [2.45, 2.75) is 19.8 Å². The molecule has 0 saturated carbocycles. The highest BCUT2D eigenvalue weighted by atomic mass is 15.1. The largest absolute Gasteiger partial charge is 0.368 e. The normalized spacial score (nSPS) is 10.6. The Balaban J connectivity index is 2.04. The van der Waals surface area contributed by atoms with Gasteiger partial charge in [0.2, 0.25) is 11.9 Å². The lowest BCUT2D eigenvalue weighted by Gasteiger charge is -2.00. The zero-order valence-electron chi connectivity index (χ0n) is 8.94. The topological polar surface area (TPSA) is 119 Å². The number of hydrogen-bond donors (Lipinski definition) is 3. The van der Waals surface area contributed by atoms with Crippen LogP contribution in [0.1, 0.15) is 17.3 Å². The maximum atomic E-state index is 5.47. The van der Waals surface area contributed by atoms with Crippen LogP contribution in [-0.4, -0.2) is 24.9 Å². The predicted molar refractivity (Wildman–Crippen MR) is 59.4 cm³/mol. The van der Waals surface area contributed by atoms with E-state index in [9.17, 15) is 0 Å². The van der Waals surface area contributed by atoms with Crippen LogP contribution in [0.5, 0.6) is 0 Å². The Morgan fingerprint density at radius 3 is 2.38 bits per heavy atom. The third kappa shape index (κ3) is 2.44. The number of nitrogen functional groups attached to an aromatic ring is 2. The summed E-state index contributed by atoms with van der Waals surface area (Å²) in [5.41, 5.74) is 12.0. The molecule has 84 valence electrons. The van der Waals surface area contributed by atoms with Crippen LogP contribution in [0, 0.1) is 6.92 Å². The van der Waals surface area contributed by atoms with Crippen molar-refractivity contribution in [2.24, 2.45) is 0 Å². The third-order valence-corrected chi connectivity index (χ3v) is 2.09. The van der Waals surface area contributed by atoms with Gasteiger partial charge in [0.15, 0.2) is 0 Å². The number of aromatic nitrogens is 5. The fourth-order valence-corrected chi connectivity index (χ4v) is 1.41. The molecule has 0 aliphatic heterocycles. The Morgan fingerprint density at radius 2 is 1.81 bits per heavy atom. The van der Waals surface area contributed by atoms with Gasteiger partial charge in [0.25, 0.3) is 0 Å². The van der Waals surface area contributed by atoms with Gasteiger partial charge < -0.3 is 16.5 Å². The SMILES string of the molecule is Cc1ncc(CCc2nc(N)nc(N)n2)[nH]1. The number of H-pyrrole nitrogens is 1. The second kappa shape index (κ2) is 4.13. The Morgan fingerprint density at radius 1 is 1.12 bits per heavy atom. The summed E-state index contributed by atoms with van der Waals surface area (Å²) in [6, 6.07) is 0. The fourth-order valence-electron chi connectivity index (χ4n) is 1.41. The van der Waals surface area contributed by atoms with E-state index in [-0.39, 0.29) is 11.9 Å². The van der Waals surface area contributed by atoms with E-state index < -0.39 is 0 Å². The van der Waals surface area contributed by atoms with Crippen LogP contribution >= 0.6 is 0 Å². The number of aromatic amines is 1. The molecule has 0 atom stereocenters. The lowest BCUT2D eigenvalue weighted by molar-refractivity contribution is 0.831. The van der Waals surface area contributed by atoms with Gasteiger partial charge in [-0.15, -0.1) is 0 Å². The molecule has 7 heteroatoms. The molecule has 0 bridgehead atoms. The highest BCUT2D eigenvalue weighted by Gasteiger charge is 2.03. The van der Waals surface area contributed by atoms with Crippen LogP contribution in [0.2, 0.25) is 0 Å². The van der Waals surface area contributed by atoms with E-state index in [0.29, 0.717) is 12.2 Å². The molecule has 2 aromatic heterocycles. The van der Waals surface area contributed by atoms with Crippen LogP contribution in [0.3, 0.4) is 0 Å². The van der Waals surface area contributed by atoms with E-state index in [1.807, 2.05) is 6.92 Å². The minimum atomic E-state index is 0.156. The number of nitrogens with zero attached hydrogens (tertiary/aromatic N) is 4. The first-order valence-electron chi connectivity index (χ1n) is 4.90. The second-order valence-electron chi connectivity index (χ2n) is 3.46. The average Bonchev–Trinajstić information content (AvgIpc) is 2.60. The van der Waals surface area contributed by atoms with Gasteiger partial charge in [-0.05, 0) is 13.3 Å². The summed E-state index contributed by atoms with van der Waals surface area (Å²) in [6.45, 7) is 1.91. The van der Waals surface area contributed by atoms with Crippen LogP contribution in [0.15, 0.2) is 6.20 Å². The first-order valence-corrected chi connectivity index (χ1v) is 4.90. The van der Waals surface area contributed by atoms with Crippen LogP contribution in [0.25, 0.3) is 0 Å². The van der Waals surface area contributed by atoms with Gasteiger partial charge in [-0.2, -0.15) is 15.0 Å². The molecule has 2 rings (SSSR count). The summed E-state index contributed by atoms with van der Waals surface area (Å²) in [5.74, 6) is 1.80. The van der Waals surface area contributed by atoms with Crippen molar-refractivity contribution >= 4 is 11.9 Å². The standard InChI is InChI=1S/C9H13N7/c1-5-12-4-6(13-5)2-3-7-14-8(10)16-9(11)15-7/h4H,2-3H2,1H3,(H,12,13)(H4,10,11,14,15,16). The summed E-state index contributed by atoms with van der Waals surface area (Å²) in [4.78, 5) is 18.9. The number of anilines is 2. The number of imidazole rings is 1. The van der Waals surface area contributed by atoms with E-state index in [4.69, 9.17) is 11.5 Å². The van der Waals surface area contributed by atoms with Crippen molar-refractivity contribution in [3.63, 3.8) is 0 Å². The smallest absolute Gasteiger partial charge is 0.225 e. The van der Waals surface area contributed by atoms with Gasteiger partial charge in [0.1, 0.15) is 11.6 Å². The van der Waals surface area contributed by atoms with Gasteiger partial charge in [0.05, 0.1) is 0 Å². The van der Waals surface area contributed by atoms with E-state index >= 15 is 0 Å². The Bertz CT molecular complexity index is 470. The monoisotopic (exact) mass is 219 g/mol. The number of rotatable bonds is 3. The van der Waals surface area contributed by atoms with Crippen molar-refractivity contribution in [1.29, 1.82) is 0 Å².